The Morgan fingerprint density at radius 1 is 1.33 bits per heavy atom. The summed E-state index contributed by atoms with van der Waals surface area (Å²) >= 11 is 0. The molecule has 0 saturated heterocycles. The van der Waals surface area contributed by atoms with Gasteiger partial charge in [0.15, 0.2) is 0 Å². The van der Waals surface area contributed by atoms with Gasteiger partial charge in [-0.25, -0.2) is 0 Å². The molecule has 0 aromatic heterocycles. The summed E-state index contributed by atoms with van der Waals surface area (Å²) in [6.07, 6.45) is 2.19. The molecule has 0 heterocycles. The van der Waals surface area contributed by atoms with Crippen LogP contribution in [0.15, 0.2) is 24.3 Å². The lowest BCUT2D eigenvalue weighted by Crippen LogP contribution is -2.11. The van der Waals surface area contributed by atoms with Crippen LogP contribution in [0.2, 0.25) is 0 Å². The summed E-state index contributed by atoms with van der Waals surface area (Å²) in [7, 11) is 1.91. The maximum Gasteiger partial charge on any atom is 0.137 e. The number of benzene rings is 1. The van der Waals surface area contributed by atoms with Gasteiger partial charge in [-0.15, -0.1) is 0 Å². The zero-order valence-corrected chi connectivity index (χ0v) is 9.55. The molecule has 0 aliphatic rings. The van der Waals surface area contributed by atoms with E-state index in [2.05, 4.69) is 18.3 Å². The standard InChI is InChI=1S/C13H19NO/c1-11-6-3-4-7-12(11)10-13(15)8-5-9-14-2/h3-4,6-7,14H,5,8-10H2,1-2H3. The normalized spacial score (nSPS) is 10.3. The van der Waals surface area contributed by atoms with Crippen LogP contribution in [0.1, 0.15) is 24.0 Å². The van der Waals surface area contributed by atoms with Crippen LogP contribution < -0.4 is 5.32 Å². The Balaban J connectivity index is 2.41. The average Bonchev–Trinajstić information content (AvgIpc) is 2.22. The second-order valence-corrected chi connectivity index (χ2v) is 3.85. The van der Waals surface area contributed by atoms with Crippen LogP contribution >= 0.6 is 0 Å². The molecule has 0 unspecified atom stereocenters. The zero-order chi connectivity index (χ0) is 11.1. The number of aryl methyl sites for hydroxylation is 1. The lowest BCUT2D eigenvalue weighted by Gasteiger charge is -2.04. The first-order valence-corrected chi connectivity index (χ1v) is 5.45. The molecule has 0 spiro atoms. The van der Waals surface area contributed by atoms with Gasteiger partial charge < -0.3 is 5.32 Å². The third kappa shape index (κ3) is 4.26. The molecule has 2 heteroatoms. The summed E-state index contributed by atoms with van der Waals surface area (Å²) < 4.78 is 0. The van der Waals surface area contributed by atoms with Crippen molar-refractivity contribution in [2.75, 3.05) is 13.6 Å². The first kappa shape index (κ1) is 11.9. The van der Waals surface area contributed by atoms with E-state index in [0.717, 1.165) is 18.5 Å². The fourth-order valence-corrected chi connectivity index (χ4v) is 1.57. The Labute approximate surface area is 91.7 Å². The van der Waals surface area contributed by atoms with Gasteiger partial charge in [0.25, 0.3) is 0 Å². The minimum Gasteiger partial charge on any atom is -0.320 e. The number of carbonyl (C=O) groups excluding carboxylic acids is 1. The molecule has 1 N–H and O–H groups in total. The summed E-state index contributed by atoms with van der Waals surface area (Å²) in [6.45, 7) is 2.97. The molecule has 15 heavy (non-hydrogen) atoms. The molecule has 0 aliphatic carbocycles. The summed E-state index contributed by atoms with van der Waals surface area (Å²) in [5, 5.41) is 3.05. The molecule has 0 fully saturated rings. The molecule has 1 aromatic rings. The van der Waals surface area contributed by atoms with Crippen LogP contribution in [0.4, 0.5) is 0 Å². The van der Waals surface area contributed by atoms with Crippen LogP contribution in [0.25, 0.3) is 0 Å². The minimum absolute atomic E-state index is 0.333. The highest BCUT2D eigenvalue weighted by atomic mass is 16.1. The van der Waals surface area contributed by atoms with Crippen LogP contribution in [0, 0.1) is 6.92 Å². The third-order valence-corrected chi connectivity index (χ3v) is 2.53. The van der Waals surface area contributed by atoms with Crippen LogP contribution in [0.5, 0.6) is 0 Å². The van der Waals surface area contributed by atoms with E-state index in [1.807, 2.05) is 25.2 Å². The molecular weight excluding hydrogens is 186 g/mol. The fraction of sp³-hybridized carbons (Fsp3) is 0.462. The molecule has 0 atom stereocenters. The lowest BCUT2D eigenvalue weighted by molar-refractivity contribution is -0.118. The van der Waals surface area contributed by atoms with Crippen molar-refractivity contribution in [2.24, 2.45) is 0 Å². The van der Waals surface area contributed by atoms with Crippen molar-refractivity contribution in [3.8, 4) is 0 Å². The maximum absolute atomic E-state index is 11.6. The fourth-order valence-electron chi connectivity index (χ4n) is 1.57. The van der Waals surface area contributed by atoms with Gasteiger partial charge in [-0.05, 0) is 38.1 Å². The van der Waals surface area contributed by atoms with Gasteiger partial charge in [0, 0.05) is 12.8 Å². The molecule has 0 aliphatic heterocycles. The Hall–Kier alpha value is -1.15. The number of rotatable bonds is 6. The minimum atomic E-state index is 0.333. The highest BCUT2D eigenvalue weighted by Crippen LogP contribution is 2.09. The topological polar surface area (TPSA) is 29.1 Å². The quantitative estimate of drug-likeness (QED) is 0.721. The largest absolute Gasteiger partial charge is 0.320 e. The third-order valence-electron chi connectivity index (χ3n) is 2.53. The zero-order valence-electron chi connectivity index (χ0n) is 9.55. The monoisotopic (exact) mass is 205 g/mol. The Kier molecular flexibility index (Phi) is 5.05. The van der Waals surface area contributed by atoms with E-state index < -0.39 is 0 Å². The summed E-state index contributed by atoms with van der Waals surface area (Å²) in [5.74, 6) is 0.333. The van der Waals surface area contributed by atoms with E-state index in [4.69, 9.17) is 0 Å². The van der Waals surface area contributed by atoms with Crippen molar-refractivity contribution in [1.82, 2.24) is 5.32 Å². The molecule has 1 rings (SSSR count). The number of hydrogen-bond donors (Lipinski definition) is 1. The first-order chi connectivity index (χ1) is 7.24. The van der Waals surface area contributed by atoms with Gasteiger partial charge >= 0.3 is 0 Å². The maximum atomic E-state index is 11.6. The van der Waals surface area contributed by atoms with E-state index in [1.165, 1.54) is 5.56 Å². The number of ketones is 1. The number of hydrogen-bond acceptors (Lipinski definition) is 2. The van der Waals surface area contributed by atoms with E-state index in [1.54, 1.807) is 0 Å². The Bertz CT molecular complexity index is 320. The van der Waals surface area contributed by atoms with Gasteiger partial charge in [0.1, 0.15) is 5.78 Å². The van der Waals surface area contributed by atoms with Crippen LogP contribution in [-0.4, -0.2) is 19.4 Å². The van der Waals surface area contributed by atoms with Crippen molar-refractivity contribution in [2.45, 2.75) is 26.2 Å². The number of nitrogens with one attached hydrogen (secondary N) is 1. The van der Waals surface area contributed by atoms with Gasteiger partial charge in [-0.2, -0.15) is 0 Å². The molecule has 1 aromatic carbocycles. The summed E-state index contributed by atoms with van der Waals surface area (Å²) in [4.78, 5) is 11.6. The molecule has 0 bridgehead atoms. The Morgan fingerprint density at radius 3 is 2.73 bits per heavy atom. The predicted molar refractivity (Wildman–Crippen MR) is 63.1 cm³/mol. The highest BCUT2D eigenvalue weighted by Gasteiger charge is 2.04. The molecule has 0 radical (unpaired) electrons. The highest BCUT2D eigenvalue weighted by molar-refractivity contribution is 5.81. The second-order valence-electron chi connectivity index (χ2n) is 3.85. The average molecular weight is 205 g/mol. The van der Waals surface area contributed by atoms with Gasteiger partial charge in [0.2, 0.25) is 0 Å². The van der Waals surface area contributed by atoms with E-state index in [-0.39, 0.29) is 0 Å². The van der Waals surface area contributed by atoms with E-state index >= 15 is 0 Å². The van der Waals surface area contributed by atoms with Gasteiger partial charge in [-0.3, -0.25) is 4.79 Å². The smallest absolute Gasteiger partial charge is 0.137 e. The first-order valence-electron chi connectivity index (χ1n) is 5.45. The second kappa shape index (κ2) is 6.36. The summed E-state index contributed by atoms with van der Waals surface area (Å²) in [6, 6.07) is 8.08. The lowest BCUT2D eigenvalue weighted by atomic mass is 10.0. The number of Topliss-reactive ketones (excluding diaryl/α,β-unsaturated/α-hetero) is 1. The van der Waals surface area contributed by atoms with Crippen molar-refractivity contribution in [3.63, 3.8) is 0 Å². The molecular formula is C13H19NO. The Morgan fingerprint density at radius 2 is 2.07 bits per heavy atom. The molecule has 0 amide bonds. The van der Waals surface area contributed by atoms with Crippen molar-refractivity contribution in [3.05, 3.63) is 35.4 Å². The SMILES string of the molecule is CNCCCC(=O)Cc1ccccc1C. The van der Waals surface area contributed by atoms with Crippen molar-refractivity contribution in [1.29, 1.82) is 0 Å². The van der Waals surface area contributed by atoms with Gasteiger partial charge in [0.05, 0.1) is 0 Å². The van der Waals surface area contributed by atoms with E-state index in [0.29, 0.717) is 18.6 Å². The predicted octanol–water partition coefficient (Wildman–Crippen LogP) is 2.11. The molecule has 2 nitrogen and oxygen atoms in total. The van der Waals surface area contributed by atoms with E-state index in [9.17, 15) is 4.79 Å². The van der Waals surface area contributed by atoms with Crippen molar-refractivity contribution >= 4 is 5.78 Å². The number of carbonyl (C=O) groups is 1. The van der Waals surface area contributed by atoms with Crippen molar-refractivity contribution < 1.29 is 4.79 Å². The van der Waals surface area contributed by atoms with Crippen LogP contribution in [0.3, 0.4) is 0 Å². The summed E-state index contributed by atoms with van der Waals surface area (Å²) in [5.41, 5.74) is 2.37. The van der Waals surface area contributed by atoms with Crippen LogP contribution in [-0.2, 0) is 11.2 Å². The molecule has 82 valence electrons. The van der Waals surface area contributed by atoms with Gasteiger partial charge in [-0.1, -0.05) is 24.3 Å². The molecule has 0 saturated carbocycles.